The summed E-state index contributed by atoms with van der Waals surface area (Å²) in [5.74, 6) is 0. The van der Waals surface area contributed by atoms with Crippen LogP contribution in [0, 0.1) is 0 Å². The Hall–Kier alpha value is -5.08. The van der Waals surface area contributed by atoms with Crippen molar-refractivity contribution in [3.8, 4) is 22.3 Å². The lowest BCUT2D eigenvalue weighted by molar-refractivity contribution is 1.14. The summed E-state index contributed by atoms with van der Waals surface area (Å²) in [4.78, 5) is 2.10. The molecule has 5 aromatic carbocycles. The van der Waals surface area contributed by atoms with Gasteiger partial charge in [-0.2, -0.15) is 0 Å². The Morgan fingerprint density at radius 3 is 1.63 bits per heavy atom. The van der Waals surface area contributed by atoms with E-state index in [1.54, 1.807) is 0 Å². The van der Waals surface area contributed by atoms with E-state index in [1.165, 1.54) is 39.1 Å². The molecule has 1 heterocycles. The summed E-state index contributed by atoms with van der Waals surface area (Å²) in [7, 11) is 2.04. The first-order chi connectivity index (χ1) is 20.0. The van der Waals surface area contributed by atoms with Crippen molar-refractivity contribution in [2.24, 2.45) is 0 Å². The van der Waals surface area contributed by atoms with E-state index < -0.39 is 0 Å². The van der Waals surface area contributed by atoms with Gasteiger partial charge in [0, 0.05) is 30.2 Å². The van der Waals surface area contributed by atoms with Crippen LogP contribution in [0.2, 0.25) is 0 Å². The zero-order valence-electron chi connectivity index (χ0n) is 23.9. The number of hydrogen-bond acceptors (Lipinski definition) is 2. The van der Waals surface area contributed by atoms with Gasteiger partial charge in [-0.25, -0.2) is 0 Å². The van der Waals surface area contributed by atoms with Crippen LogP contribution in [0.4, 0.5) is 11.4 Å². The Morgan fingerprint density at radius 1 is 0.585 bits per heavy atom. The van der Waals surface area contributed by atoms with E-state index in [0.29, 0.717) is 0 Å². The molecule has 0 saturated carbocycles. The summed E-state index contributed by atoms with van der Waals surface area (Å²) in [5, 5.41) is 0. The van der Waals surface area contributed by atoms with Crippen molar-refractivity contribution in [3.63, 3.8) is 0 Å². The fraction of sp³-hybridized carbons (Fsp3) is 0.0769. The quantitative estimate of drug-likeness (QED) is 0.233. The summed E-state index contributed by atoms with van der Waals surface area (Å²) in [6.45, 7) is 6.22. The molecule has 0 aliphatic carbocycles. The number of aryl methyl sites for hydroxylation is 1. The second-order valence-corrected chi connectivity index (χ2v) is 9.76. The minimum absolute atomic E-state index is 0.805. The highest BCUT2D eigenvalue weighted by Gasteiger charge is 2.06. The zero-order valence-corrected chi connectivity index (χ0v) is 23.9. The minimum Gasteiger partial charge on any atom is -0.399 e. The number of para-hydroxylation sites is 1. The Balaban J connectivity index is 0.000000142. The van der Waals surface area contributed by atoms with Crippen LogP contribution in [-0.4, -0.2) is 7.05 Å². The van der Waals surface area contributed by atoms with E-state index >= 15 is 0 Å². The van der Waals surface area contributed by atoms with Crippen molar-refractivity contribution in [1.29, 1.82) is 0 Å². The van der Waals surface area contributed by atoms with Gasteiger partial charge in [0.25, 0.3) is 0 Å². The number of nitrogens with zero attached hydrogens (tertiary/aromatic N) is 1. The van der Waals surface area contributed by atoms with Gasteiger partial charge in [0.15, 0.2) is 0 Å². The number of anilines is 2. The van der Waals surface area contributed by atoms with Crippen molar-refractivity contribution >= 4 is 16.9 Å². The van der Waals surface area contributed by atoms with Gasteiger partial charge < -0.3 is 10.6 Å². The average Bonchev–Trinajstić information content (AvgIpc) is 3.04. The van der Waals surface area contributed by atoms with Crippen LogP contribution in [0.1, 0.15) is 18.1 Å². The van der Waals surface area contributed by atoms with Gasteiger partial charge in [0.2, 0.25) is 0 Å². The number of benzene rings is 5. The van der Waals surface area contributed by atoms with Crippen LogP contribution in [0.15, 0.2) is 164 Å². The lowest BCUT2D eigenvalue weighted by atomic mass is 10.0. The third-order valence-corrected chi connectivity index (χ3v) is 6.84. The Kier molecular flexibility index (Phi) is 10.5. The highest BCUT2D eigenvalue weighted by atomic mass is 15.1. The number of nitrogens with two attached hydrogens (primary N) is 1. The molecule has 204 valence electrons. The van der Waals surface area contributed by atoms with E-state index in [0.717, 1.165) is 17.7 Å². The maximum absolute atomic E-state index is 5.60. The monoisotopic (exact) mass is 534 g/mol. The van der Waals surface area contributed by atoms with Gasteiger partial charge in [-0.1, -0.05) is 141 Å². The zero-order chi connectivity index (χ0) is 28.9. The van der Waals surface area contributed by atoms with E-state index in [4.69, 9.17) is 5.73 Å². The summed E-state index contributed by atoms with van der Waals surface area (Å²) >= 11 is 0. The predicted octanol–water partition coefficient (Wildman–Crippen LogP) is 10.1. The second-order valence-electron chi connectivity index (χ2n) is 9.76. The summed E-state index contributed by atoms with van der Waals surface area (Å²) < 4.78 is 0. The highest BCUT2D eigenvalue weighted by molar-refractivity contribution is 5.82. The molecule has 0 amide bonds. The largest absolute Gasteiger partial charge is 0.399 e. The first kappa shape index (κ1) is 28.9. The Labute approximate surface area is 245 Å². The lowest BCUT2D eigenvalue weighted by Gasteiger charge is -2.19. The van der Waals surface area contributed by atoms with Crippen LogP contribution >= 0.6 is 0 Å². The van der Waals surface area contributed by atoms with Gasteiger partial charge in [0.05, 0.1) is 0 Å². The fourth-order valence-electron chi connectivity index (χ4n) is 4.44. The van der Waals surface area contributed by atoms with E-state index in [9.17, 15) is 0 Å². The van der Waals surface area contributed by atoms with Crippen molar-refractivity contribution in [2.75, 3.05) is 17.7 Å². The van der Waals surface area contributed by atoms with Crippen LogP contribution in [-0.2, 0) is 6.42 Å². The molecule has 5 aromatic rings. The molecular formula is C39H38N2. The van der Waals surface area contributed by atoms with E-state index in [2.05, 4.69) is 91.2 Å². The number of hydrogen-bond donors (Lipinski definition) is 1. The molecule has 2 nitrogen and oxygen atoms in total. The lowest BCUT2D eigenvalue weighted by Crippen LogP contribution is -2.10. The molecule has 2 heteroatoms. The van der Waals surface area contributed by atoms with Crippen LogP contribution in [0.25, 0.3) is 27.8 Å². The Morgan fingerprint density at radius 2 is 1.07 bits per heavy atom. The number of rotatable bonds is 3. The minimum atomic E-state index is 0.805. The molecule has 0 atom stereocenters. The van der Waals surface area contributed by atoms with Crippen molar-refractivity contribution in [1.82, 2.24) is 0 Å². The Bertz CT molecular complexity index is 1560. The molecule has 0 unspecified atom stereocenters. The van der Waals surface area contributed by atoms with Crippen molar-refractivity contribution < 1.29 is 0 Å². The first-order valence-electron chi connectivity index (χ1n) is 14.0. The SMILES string of the molecule is C=C1/C=C\C=C/N(C)c2ccccc21.CCc1ccc(-c2ccccc2)cc1.Nc1ccc(-c2ccccc2)cc1. The first-order valence-corrected chi connectivity index (χ1v) is 14.0. The van der Waals surface area contributed by atoms with Gasteiger partial charge >= 0.3 is 0 Å². The molecule has 1 aliphatic heterocycles. The smallest absolute Gasteiger partial charge is 0.0482 e. The normalized spacial score (nSPS) is 13.2. The highest BCUT2D eigenvalue weighted by Crippen LogP contribution is 2.27. The molecule has 0 aromatic heterocycles. The van der Waals surface area contributed by atoms with Gasteiger partial charge in [-0.15, -0.1) is 0 Å². The third-order valence-electron chi connectivity index (χ3n) is 6.84. The van der Waals surface area contributed by atoms with Crippen molar-refractivity contribution in [2.45, 2.75) is 13.3 Å². The maximum Gasteiger partial charge on any atom is 0.0482 e. The summed E-state index contributed by atoms with van der Waals surface area (Å²) in [6, 6.07) is 45.7. The van der Waals surface area contributed by atoms with Crippen LogP contribution < -0.4 is 10.6 Å². The molecule has 1 aliphatic rings. The maximum atomic E-state index is 5.60. The molecule has 0 spiro atoms. The van der Waals surface area contributed by atoms with Gasteiger partial charge in [-0.3, -0.25) is 0 Å². The van der Waals surface area contributed by atoms with Gasteiger partial charge in [0.1, 0.15) is 0 Å². The molecule has 2 N–H and O–H groups in total. The average molecular weight is 535 g/mol. The topological polar surface area (TPSA) is 29.3 Å². The number of nitrogen functional groups attached to an aromatic ring is 1. The summed E-state index contributed by atoms with van der Waals surface area (Å²) in [5.41, 5.74) is 16.2. The molecule has 0 fully saturated rings. The molecule has 6 rings (SSSR count). The molecule has 0 saturated heterocycles. The van der Waals surface area contributed by atoms with E-state index in [-0.39, 0.29) is 0 Å². The standard InChI is InChI=1S/C14H14.C13H13N.C12H11N/c1-2-12-8-10-14(11-9-12)13-6-4-3-5-7-13;1-11-7-5-6-10-14(2)13-9-4-3-8-12(11)13;13-12-8-6-11(7-9-12)10-4-2-1-3-5-10/h3-11H,2H2,1H3;3-10H,1H2,2H3;1-9H,13H2/b;7-5-,10-6-;. The van der Waals surface area contributed by atoms with Gasteiger partial charge in [-0.05, 0) is 64.1 Å². The second kappa shape index (κ2) is 14.9. The fourth-order valence-corrected chi connectivity index (χ4v) is 4.44. The van der Waals surface area contributed by atoms with Crippen molar-refractivity contribution in [3.05, 3.63) is 176 Å². The predicted molar refractivity (Wildman–Crippen MR) is 180 cm³/mol. The molecular weight excluding hydrogens is 496 g/mol. The third kappa shape index (κ3) is 8.45. The number of allylic oxidation sites excluding steroid dienone is 4. The van der Waals surface area contributed by atoms with Crippen LogP contribution in [0.5, 0.6) is 0 Å². The molecule has 0 bridgehead atoms. The number of fused-ring (bicyclic) bond motifs is 1. The van der Waals surface area contributed by atoms with Crippen LogP contribution in [0.3, 0.4) is 0 Å². The summed E-state index contributed by atoms with van der Waals surface area (Å²) in [6.07, 6.45) is 9.20. The molecule has 0 radical (unpaired) electrons. The molecule has 41 heavy (non-hydrogen) atoms. The van der Waals surface area contributed by atoms with E-state index in [1.807, 2.05) is 92.1 Å².